The average molecular weight is 290 g/mol. The van der Waals surface area contributed by atoms with Gasteiger partial charge in [0, 0.05) is 18.7 Å². The maximum absolute atomic E-state index is 12.2. The number of nitrogens with zero attached hydrogens (tertiary/aromatic N) is 4. The molecule has 2 aliphatic rings. The van der Waals surface area contributed by atoms with E-state index in [1.807, 2.05) is 27.7 Å². The molecule has 1 aromatic rings. The van der Waals surface area contributed by atoms with Crippen LogP contribution in [0.2, 0.25) is 0 Å². The lowest BCUT2D eigenvalue weighted by Crippen LogP contribution is -2.38. The number of fused-ring (bicyclic) bond motifs is 1. The van der Waals surface area contributed by atoms with Crippen LogP contribution in [0, 0.1) is 6.92 Å². The van der Waals surface area contributed by atoms with Gasteiger partial charge in [-0.2, -0.15) is 0 Å². The Balaban J connectivity index is 1.82. The fourth-order valence-corrected chi connectivity index (χ4v) is 2.60. The van der Waals surface area contributed by atoms with E-state index >= 15 is 0 Å². The van der Waals surface area contributed by atoms with Gasteiger partial charge in [-0.25, -0.2) is 14.8 Å². The van der Waals surface area contributed by atoms with Gasteiger partial charge in [0.2, 0.25) is 0 Å². The smallest absolute Gasteiger partial charge is 0.410 e. The molecule has 21 heavy (non-hydrogen) atoms. The van der Waals surface area contributed by atoms with E-state index in [2.05, 4.69) is 14.9 Å². The quantitative estimate of drug-likeness (QED) is 0.794. The van der Waals surface area contributed by atoms with E-state index < -0.39 is 5.60 Å². The summed E-state index contributed by atoms with van der Waals surface area (Å²) in [4.78, 5) is 25.2. The molecule has 1 aromatic heterocycles. The molecule has 6 nitrogen and oxygen atoms in total. The SMILES string of the molecule is Cc1nc2c(c(N3CCC3)n1)CN(C(=O)OC(C)(C)C)C2. The summed E-state index contributed by atoms with van der Waals surface area (Å²) in [5.41, 5.74) is 1.55. The Labute approximate surface area is 125 Å². The second-order valence-electron chi connectivity index (χ2n) is 6.70. The highest BCUT2D eigenvalue weighted by molar-refractivity contribution is 5.70. The normalized spacial score (nSPS) is 17.5. The zero-order chi connectivity index (χ0) is 15.2. The number of ether oxygens (including phenoxy) is 1. The number of hydrogen-bond acceptors (Lipinski definition) is 5. The third-order valence-electron chi connectivity index (χ3n) is 3.68. The average Bonchev–Trinajstić information content (AvgIpc) is 2.67. The van der Waals surface area contributed by atoms with Gasteiger partial charge in [0.1, 0.15) is 17.2 Å². The fraction of sp³-hybridized carbons (Fsp3) is 0.667. The van der Waals surface area contributed by atoms with E-state index in [9.17, 15) is 4.79 Å². The molecule has 0 aromatic carbocycles. The summed E-state index contributed by atoms with van der Waals surface area (Å²) >= 11 is 0. The third kappa shape index (κ3) is 2.80. The number of carbonyl (C=O) groups excluding carboxylic acids is 1. The van der Waals surface area contributed by atoms with Crippen molar-refractivity contribution in [1.82, 2.24) is 14.9 Å². The van der Waals surface area contributed by atoms with Gasteiger partial charge in [-0.1, -0.05) is 0 Å². The lowest BCUT2D eigenvalue weighted by atomic mass is 10.1. The van der Waals surface area contributed by atoms with Crippen molar-refractivity contribution in [2.75, 3.05) is 18.0 Å². The van der Waals surface area contributed by atoms with Crippen LogP contribution in [0.4, 0.5) is 10.6 Å². The molecule has 0 N–H and O–H groups in total. The Morgan fingerprint density at radius 2 is 1.90 bits per heavy atom. The molecule has 114 valence electrons. The zero-order valence-corrected chi connectivity index (χ0v) is 13.1. The first-order valence-electron chi connectivity index (χ1n) is 7.43. The molecule has 2 aliphatic heterocycles. The molecule has 0 bridgehead atoms. The van der Waals surface area contributed by atoms with Crippen LogP contribution in [0.1, 0.15) is 44.3 Å². The fourth-order valence-electron chi connectivity index (χ4n) is 2.60. The summed E-state index contributed by atoms with van der Waals surface area (Å²) in [5.74, 6) is 1.76. The Morgan fingerprint density at radius 1 is 1.19 bits per heavy atom. The van der Waals surface area contributed by atoms with Crippen LogP contribution < -0.4 is 4.90 Å². The van der Waals surface area contributed by atoms with Crippen LogP contribution >= 0.6 is 0 Å². The number of amides is 1. The minimum Gasteiger partial charge on any atom is -0.444 e. The summed E-state index contributed by atoms with van der Waals surface area (Å²) in [6.45, 7) is 10.7. The van der Waals surface area contributed by atoms with Crippen LogP contribution in [0.25, 0.3) is 0 Å². The Hall–Kier alpha value is -1.85. The number of aromatic nitrogens is 2. The predicted octanol–water partition coefficient (Wildman–Crippen LogP) is 2.25. The Bertz CT molecular complexity index is 576. The lowest BCUT2D eigenvalue weighted by molar-refractivity contribution is 0.0241. The molecule has 6 heteroatoms. The van der Waals surface area contributed by atoms with Crippen molar-refractivity contribution in [3.05, 3.63) is 17.1 Å². The topological polar surface area (TPSA) is 58.6 Å². The second kappa shape index (κ2) is 4.86. The van der Waals surface area contributed by atoms with E-state index in [-0.39, 0.29) is 6.09 Å². The van der Waals surface area contributed by atoms with Gasteiger partial charge in [-0.15, -0.1) is 0 Å². The molecule has 0 atom stereocenters. The number of aryl methyl sites for hydroxylation is 1. The van der Waals surface area contributed by atoms with E-state index in [1.54, 1.807) is 4.90 Å². The van der Waals surface area contributed by atoms with Crippen LogP contribution in [0.5, 0.6) is 0 Å². The van der Waals surface area contributed by atoms with Crippen LogP contribution in [0.3, 0.4) is 0 Å². The minimum absolute atomic E-state index is 0.285. The maximum atomic E-state index is 12.2. The number of rotatable bonds is 1. The lowest BCUT2D eigenvalue weighted by Gasteiger charge is -2.33. The molecule has 0 aliphatic carbocycles. The molecule has 3 rings (SSSR count). The van der Waals surface area contributed by atoms with Gasteiger partial charge in [0.15, 0.2) is 0 Å². The molecule has 0 saturated carbocycles. The maximum Gasteiger partial charge on any atom is 0.410 e. The minimum atomic E-state index is -0.478. The molecule has 1 fully saturated rings. The van der Waals surface area contributed by atoms with Crippen LogP contribution in [-0.2, 0) is 17.8 Å². The number of carbonyl (C=O) groups is 1. The van der Waals surface area contributed by atoms with Crippen molar-refractivity contribution in [2.45, 2.75) is 52.8 Å². The van der Waals surface area contributed by atoms with Crippen molar-refractivity contribution < 1.29 is 9.53 Å². The number of hydrogen-bond donors (Lipinski definition) is 0. The first-order valence-corrected chi connectivity index (χ1v) is 7.43. The van der Waals surface area contributed by atoms with Crippen molar-refractivity contribution in [3.63, 3.8) is 0 Å². The van der Waals surface area contributed by atoms with E-state index in [1.165, 1.54) is 6.42 Å². The van der Waals surface area contributed by atoms with Crippen molar-refractivity contribution in [3.8, 4) is 0 Å². The highest BCUT2D eigenvalue weighted by atomic mass is 16.6. The number of anilines is 1. The second-order valence-corrected chi connectivity index (χ2v) is 6.70. The van der Waals surface area contributed by atoms with Gasteiger partial charge < -0.3 is 9.64 Å². The third-order valence-corrected chi connectivity index (χ3v) is 3.68. The van der Waals surface area contributed by atoms with Gasteiger partial charge in [0.25, 0.3) is 0 Å². The van der Waals surface area contributed by atoms with E-state index in [0.717, 1.165) is 36.0 Å². The molecule has 3 heterocycles. The molecule has 0 radical (unpaired) electrons. The highest BCUT2D eigenvalue weighted by Gasteiger charge is 2.33. The van der Waals surface area contributed by atoms with Crippen LogP contribution in [0.15, 0.2) is 0 Å². The van der Waals surface area contributed by atoms with Gasteiger partial charge in [0.05, 0.1) is 18.8 Å². The van der Waals surface area contributed by atoms with Gasteiger partial charge in [-0.05, 0) is 34.1 Å². The van der Waals surface area contributed by atoms with E-state index in [0.29, 0.717) is 13.1 Å². The summed E-state index contributed by atoms with van der Waals surface area (Å²) in [7, 11) is 0. The molecular weight excluding hydrogens is 268 g/mol. The highest BCUT2D eigenvalue weighted by Crippen LogP contribution is 2.32. The summed E-state index contributed by atoms with van der Waals surface area (Å²) in [5, 5.41) is 0. The molecule has 1 amide bonds. The summed E-state index contributed by atoms with van der Waals surface area (Å²) in [6.07, 6.45) is 0.917. The van der Waals surface area contributed by atoms with E-state index in [4.69, 9.17) is 4.74 Å². The Morgan fingerprint density at radius 3 is 2.48 bits per heavy atom. The summed E-state index contributed by atoms with van der Waals surface area (Å²) in [6, 6.07) is 0. The van der Waals surface area contributed by atoms with Crippen molar-refractivity contribution >= 4 is 11.9 Å². The molecule has 1 saturated heterocycles. The van der Waals surface area contributed by atoms with Gasteiger partial charge >= 0.3 is 6.09 Å². The zero-order valence-electron chi connectivity index (χ0n) is 13.1. The largest absolute Gasteiger partial charge is 0.444 e. The van der Waals surface area contributed by atoms with Gasteiger partial charge in [-0.3, -0.25) is 4.90 Å². The monoisotopic (exact) mass is 290 g/mol. The summed E-state index contributed by atoms with van der Waals surface area (Å²) < 4.78 is 5.45. The van der Waals surface area contributed by atoms with Crippen molar-refractivity contribution in [2.24, 2.45) is 0 Å². The Kier molecular flexibility index (Phi) is 3.26. The first kappa shape index (κ1) is 14.1. The molecule has 0 spiro atoms. The van der Waals surface area contributed by atoms with Crippen LogP contribution in [-0.4, -0.2) is 39.7 Å². The molecule has 0 unspecified atom stereocenters. The van der Waals surface area contributed by atoms with Crippen molar-refractivity contribution in [1.29, 1.82) is 0 Å². The molecular formula is C15H22N4O2. The first-order chi connectivity index (χ1) is 9.83. The standard InChI is InChI=1S/C15H22N4O2/c1-10-16-12-9-19(14(20)21-15(2,3)4)8-11(12)13(17-10)18-6-5-7-18/h5-9H2,1-4H3. The predicted molar refractivity (Wildman–Crippen MR) is 79.1 cm³/mol.